The molecule has 3 aliphatic rings. The Labute approximate surface area is 190 Å². The van der Waals surface area contributed by atoms with E-state index in [1.807, 2.05) is 0 Å². The van der Waals surface area contributed by atoms with Crippen LogP contribution in [0.25, 0.3) is 0 Å². The third-order valence-corrected chi connectivity index (χ3v) is 15.0. The lowest BCUT2D eigenvalue weighted by Gasteiger charge is -2.46. The number of rotatable bonds is 7. The quantitative estimate of drug-likeness (QED) is 0.413. The highest BCUT2D eigenvalue weighted by Gasteiger charge is 2.57. The molecule has 2 fully saturated rings. The minimum atomic E-state index is -1.96. The predicted molar refractivity (Wildman–Crippen MR) is 137 cm³/mol. The van der Waals surface area contributed by atoms with E-state index in [0.717, 1.165) is 28.8 Å². The van der Waals surface area contributed by atoms with Gasteiger partial charge in [-0.05, 0) is 41.7 Å². The molecule has 31 heavy (non-hydrogen) atoms. The van der Waals surface area contributed by atoms with Crippen molar-refractivity contribution in [1.29, 1.82) is 0 Å². The second-order valence-electron chi connectivity index (χ2n) is 10.3. The van der Waals surface area contributed by atoms with Crippen molar-refractivity contribution in [3.8, 4) is 0 Å². The van der Waals surface area contributed by atoms with Gasteiger partial charge in [0.1, 0.15) is 8.07 Å². The van der Waals surface area contributed by atoms with E-state index < -0.39 is 8.07 Å². The Morgan fingerprint density at radius 1 is 0.774 bits per heavy atom. The monoisotopic (exact) mass is 426 g/mol. The zero-order valence-corrected chi connectivity index (χ0v) is 20.1. The molecule has 1 heteroatoms. The van der Waals surface area contributed by atoms with Crippen LogP contribution in [0.4, 0.5) is 0 Å². The Kier molecular flexibility index (Phi) is 6.32. The first kappa shape index (κ1) is 21.0. The van der Waals surface area contributed by atoms with Crippen LogP contribution >= 0.6 is 0 Å². The summed E-state index contributed by atoms with van der Waals surface area (Å²) in [5.41, 5.74) is 1.70. The van der Waals surface area contributed by atoms with E-state index in [-0.39, 0.29) is 0 Å². The summed E-state index contributed by atoms with van der Waals surface area (Å²) in [6.45, 7) is 2.35. The molecule has 2 aromatic carbocycles. The minimum absolute atomic E-state index is 0.722. The second kappa shape index (κ2) is 9.33. The summed E-state index contributed by atoms with van der Waals surface area (Å²) in [7, 11) is -1.96. The third kappa shape index (κ3) is 3.69. The number of hydrogen-bond acceptors (Lipinski definition) is 0. The molecule has 0 amide bonds. The van der Waals surface area contributed by atoms with Crippen molar-refractivity contribution in [3.05, 3.63) is 85.0 Å². The fourth-order valence-electron chi connectivity index (χ4n) is 7.60. The van der Waals surface area contributed by atoms with Crippen molar-refractivity contribution in [1.82, 2.24) is 0 Å². The van der Waals surface area contributed by atoms with Crippen molar-refractivity contribution < 1.29 is 0 Å². The molecule has 0 bridgehead atoms. The molecule has 0 spiro atoms. The van der Waals surface area contributed by atoms with E-state index >= 15 is 0 Å². The topological polar surface area (TPSA) is 0 Å². The average Bonchev–Trinajstić information content (AvgIpc) is 3.50. The van der Waals surface area contributed by atoms with E-state index in [1.165, 1.54) is 51.4 Å². The number of hydrogen-bond donors (Lipinski definition) is 0. The van der Waals surface area contributed by atoms with Crippen molar-refractivity contribution in [3.63, 3.8) is 0 Å². The number of unbranched alkanes of at least 4 members (excludes halogenated alkanes) is 1. The summed E-state index contributed by atoms with van der Waals surface area (Å²) >= 11 is 0. The van der Waals surface area contributed by atoms with E-state index in [9.17, 15) is 0 Å². The summed E-state index contributed by atoms with van der Waals surface area (Å²) in [4.78, 5) is 0. The van der Waals surface area contributed by atoms with Crippen molar-refractivity contribution >= 4 is 18.4 Å². The molecule has 0 nitrogen and oxygen atoms in total. The van der Waals surface area contributed by atoms with Crippen LogP contribution in [0.5, 0.6) is 0 Å². The maximum atomic E-state index is 2.61. The third-order valence-electron chi connectivity index (χ3n) is 8.80. The Hall–Kier alpha value is -1.86. The molecule has 4 atom stereocenters. The van der Waals surface area contributed by atoms with Crippen LogP contribution in [0, 0.1) is 17.8 Å². The van der Waals surface area contributed by atoms with Crippen LogP contribution in [0.2, 0.25) is 11.1 Å². The standard InChI is InChI=1S/C30H38Si/c1-2-3-14-24-23-30(29-22-13-12-21-28(24)29)31(27-19-10-11-20-27,25-15-6-4-7-16-25)26-17-8-5-9-18-26/h4-9,12-13,15-18,21-22,24,27-30H,2-3,10-11,14,19-20,23H2,1H3. The van der Waals surface area contributed by atoms with Gasteiger partial charge in [0, 0.05) is 0 Å². The maximum Gasteiger partial charge on any atom is 0.124 e. The van der Waals surface area contributed by atoms with Crippen LogP contribution in [-0.2, 0) is 0 Å². The molecule has 0 saturated heterocycles. The van der Waals surface area contributed by atoms with Gasteiger partial charge in [-0.1, -0.05) is 141 Å². The SMILES string of the molecule is CCCCC1CC([Si](c2ccccc2)(c2ccccc2)C2CCCC2)C2C=CC=CC12. The second-order valence-corrected chi connectivity index (χ2v) is 14.7. The van der Waals surface area contributed by atoms with Gasteiger partial charge in [0.2, 0.25) is 0 Å². The molecule has 0 radical (unpaired) electrons. The van der Waals surface area contributed by atoms with Crippen molar-refractivity contribution in [2.45, 2.75) is 69.4 Å². The van der Waals surface area contributed by atoms with Gasteiger partial charge >= 0.3 is 0 Å². The van der Waals surface area contributed by atoms with Gasteiger partial charge in [0.05, 0.1) is 0 Å². The molecular formula is C30H38Si. The molecular weight excluding hydrogens is 388 g/mol. The van der Waals surface area contributed by atoms with E-state index in [4.69, 9.17) is 0 Å². The van der Waals surface area contributed by atoms with Gasteiger partial charge in [0.15, 0.2) is 0 Å². The zero-order chi connectivity index (χ0) is 21.1. The largest absolute Gasteiger partial charge is 0.124 e. The number of benzene rings is 2. The molecule has 162 valence electrons. The molecule has 0 aromatic heterocycles. The minimum Gasteiger partial charge on any atom is -0.0808 e. The van der Waals surface area contributed by atoms with Crippen LogP contribution in [-0.4, -0.2) is 8.07 Å². The summed E-state index contributed by atoms with van der Waals surface area (Å²) < 4.78 is 0. The Bertz CT molecular complexity index is 851. The molecule has 0 heterocycles. The summed E-state index contributed by atoms with van der Waals surface area (Å²) in [5.74, 6) is 2.33. The number of fused-ring (bicyclic) bond motifs is 1. The summed E-state index contributed by atoms with van der Waals surface area (Å²) in [6.07, 6.45) is 21.1. The highest BCUT2D eigenvalue weighted by atomic mass is 28.3. The first-order valence-electron chi connectivity index (χ1n) is 12.8. The van der Waals surface area contributed by atoms with Gasteiger partial charge in [-0.15, -0.1) is 0 Å². The van der Waals surface area contributed by atoms with Gasteiger partial charge in [0.25, 0.3) is 0 Å². The molecule has 0 aliphatic heterocycles. The molecule has 2 aromatic rings. The van der Waals surface area contributed by atoms with Gasteiger partial charge in [-0.25, -0.2) is 0 Å². The zero-order valence-electron chi connectivity index (χ0n) is 19.1. The molecule has 2 saturated carbocycles. The highest BCUT2D eigenvalue weighted by Crippen LogP contribution is 2.58. The Balaban J connectivity index is 1.68. The van der Waals surface area contributed by atoms with E-state index in [1.54, 1.807) is 10.4 Å². The van der Waals surface area contributed by atoms with E-state index in [2.05, 4.69) is 91.9 Å². The van der Waals surface area contributed by atoms with E-state index in [0.29, 0.717) is 0 Å². The van der Waals surface area contributed by atoms with Crippen molar-refractivity contribution in [2.75, 3.05) is 0 Å². The van der Waals surface area contributed by atoms with Gasteiger partial charge in [-0.3, -0.25) is 0 Å². The summed E-state index contributed by atoms with van der Waals surface area (Å²) in [5, 5.41) is 3.41. The molecule has 5 rings (SSSR count). The normalized spacial score (nSPS) is 28.2. The molecule has 0 N–H and O–H groups in total. The maximum absolute atomic E-state index is 2.61. The van der Waals surface area contributed by atoms with Gasteiger partial charge in [-0.2, -0.15) is 0 Å². The van der Waals surface area contributed by atoms with Crippen LogP contribution < -0.4 is 10.4 Å². The first-order chi connectivity index (χ1) is 15.4. The van der Waals surface area contributed by atoms with Crippen LogP contribution in [0.15, 0.2) is 85.0 Å². The Morgan fingerprint density at radius 2 is 1.35 bits per heavy atom. The van der Waals surface area contributed by atoms with Crippen LogP contribution in [0.3, 0.4) is 0 Å². The lowest BCUT2D eigenvalue weighted by Crippen LogP contribution is -2.65. The molecule has 4 unspecified atom stereocenters. The first-order valence-corrected chi connectivity index (χ1v) is 15.0. The fourth-order valence-corrected chi connectivity index (χ4v) is 14.8. The lowest BCUT2D eigenvalue weighted by atomic mass is 9.84. The smallest absolute Gasteiger partial charge is 0.0808 e. The predicted octanol–water partition coefficient (Wildman–Crippen LogP) is 7.13. The fraction of sp³-hybridized carbons (Fsp3) is 0.467. The van der Waals surface area contributed by atoms with Crippen LogP contribution in [0.1, 0.15) is 58.3 Å². The Morgan fingerprint density at radius 3 is 1.94 bits per heavy atom. The van der Waals surface area contributed by atoms with Crippen molar-refractivity contribution in [2.24, 2.45) is 17.8 Å². The lowest BCUT2D eigenvalue weighted by molar-refractivity contribution is 0.383. The molecule has 3 aliphatic carbocycles. The average molecular weight is 427 g/mol. The highest BCUT2D eigenvalue weighted by molar-refractivity contribution is 7.04. The van der Waals surface area contributed by atoms with Gasteiger partial charge < -0.3 is 0 Å². The number of allylic oxidation sites excluding steroid dienone is 4. The summed E-state index contributed by atoms with van der Waals surface area (Å²) in [6, 6.07) is 23.7.